The molecule has 4 rings (SSSR count). The summed E-state index contributed by atoms with van der Waals surface area (Å²) in [7, 11) is 0. The molecule has 10 heteroatoms. The minimum atomic E-state index is -5.73. The van der Waals surface area contributed by atoms with Crippen molar-refractivity contribution in [2.24, 2.45) is 11.5 Å². The Bertz CT molecular complexity index is 1470. The molecule has 4 aromatic carbocycles. The summed E-state index contributed by atoms with van der Waals surface area (Å²) in [6.45, 7) is 7.91. The highest BCUT2D eigenvalue weighted by molar-refractivity contribution is 5.48. The molecule has 4 N–H and O–H groups in total. The maximum Gasteiger partial charge on any atom is 0.411 e. The largest absolute Gasteiger partial charge is 0.457 e. The third kappa shape index (κ3) is 6.99. The lowest BCUT2D eigenvalue weighted by atomic mass is 9.73. The molecule has 0 aliphatic carbocycles. The fraction of sp³-hybridized carbons (Fsp3) is 0.351. The molecule has 0 saturated carbocycles. The summed E-state index contributed by atoms with van der Waals surface area (Å²) in [5.74, 6) is 0.864. The van der Waals surface area contributed by atoms with E-state index in [-0.39, 0.29) is 11.5 Å². The van der Waals surface area contributed by atoms with Crippen LogP contribution in [0.25, 0.3) is 0 Å². The van der Waals surface area contributed by atoms with E-state index in [0.29, 0.717) is 37.2 Å². The Morgan fingerprint density at radius 2 is 0.617 bits per heavy atom. The molecule has 0 saturated heterocycles. The maximum absolute atomic E-state index is 14.7. The van der Waals surface area contributed by atoms with E-state index < -0.39 is 40.0 Å². The molecule has 0 amide bonds. The van der Waals surface area contributed by atoms with Gasteiger partial charge in [-0.2, -0.15) is 26.3 Å². The number of alkyl halides is 6. The Hall–Kier alpha value is -4.02. The van der Waals surface area contributed by atoms with Crippen LogP contribution >= 0.6 is 0 Å². The normalized spacial score (nSPS) is 13.0. The van der Waals surface area contributed by atoms with E-state index in [4.69, 9.17) is 20.9 Å². The van der Waals surface area contributed by atoms with Gasteiger partial charge in [0.1, 0.15) is 23.0 Å². The second kappa shape index (κ2) is 13.6. The van der Waals surface area contributed by atoms with Gasteiger partial charge in [0.2, 0.25) is 5.41 Å². The summed E-state index contributed by atoms with van der Waals surface area (Å²) in [4.78, 5) is 0. The van der Waals surface area contributed by atoms with E-state index in [9.17, 15) is 26.3 Å². The topological polar surface area (TPSA) is 70.5 Å². The van der Waals surface area contributed by atoms with Gasteiger partial charge in [-0.25, -0.2) is 0 Å². The van der Waals surface area contributed by atoms with E-state index in [1.807, 2.05) is 27.7 Å². The Kier molecular flexibility index (Phi) is 10.4. The summed E-state index contributed by atoms with van der Waals surface area (Å²) >= 11 is 0. The molecule has 0 bridgehead atoms. The van der Waals surface area contributed by atoms with Gasteiger partial charge >= 0.3 is 12.4 Å². The van der Waals surface area contributed by atoms with Gasteiger partial charge in [0.25, 0.3) is 0 Å². The molecule has 0 aromatic heterocycles. The number of nitrogens with two attached hydrogens (primary N) is 2. The van der Waals surface area contributed by atoms with Gasteiger partial charge in [-0.15, -0.1) is 0 Å². The minimum absolute atomic E-state index is 0.0734. The average molecular weight is 659 g/mol. The number of benzene rings is 4. The van der Waals surface area contributed by atoms with Crippen molar-refractivity contribution in [3.05, 3.63) is 119 Å². The highest BCUT2D eigenvalue weighted by atomic mass is 19.4. The summed E-state index contributed by atoms with van der Waals surface area (Å²) in [6, 6.07) is 21.3. The first kappa shape index (κ1) is 35.8. The van der Waals surface area contributed by atoms with Gasteiger partial charge in [0, 0.05) is 11.1 Å². The molecule has 0 aliphatic rings. The van der Waals surface area contributed by atoms with E-state index in [1.54, 1.807) is 48.5 Å². The second-order valence-electron chi connectivity index (χ2n) is 11.8. The number of hydrogen-bond acceptors (Lipinski definition) is 4. The smallest absolute Gasteiger partial charge is 0.411 e. The van der Waals surface area contributed by atoms with Crippen LogP contribution in [0.2, 0.25) is 0 Å². The fourth-order valence-electron chi connectivity index (χ4n) is 5.83. The first-order valence-electron chi connectivity index (χ1n) is 15.6. The molecule has 0 aliphatic heterocycles. The zero-order valence-electron chi connectivity index (χ0n) is 26.8. The molecule has 0 fully saturated rings. The lowest BCUT2D eigenvalue weighted by Crippen LogP contribution is -2.54. The van der Waals surface area contributed by atoms with E-state index >= 15 is 0 Å². The highest BCUT2D eigenvalue weighted by Crippen LogP contribution is 2.56. The first-order chi connectivity index (χ1) is 22.1. The minimum Gasteiger partial charge on any atom is -0.457 e. The average Bonchev–Trinajstić information content (AvgIpc) is 3.05. The fourth-order valence-corrected chi connectivity index (χ4v) is 5.83. The zero-order chi connectivity index (χ0) is 34.7. The lowest BCUT2D eigenvalue weighted by Gasteiger charge is -2.38. The highest BCUT2D eigenvalue weighted by Gasteiger charge is 2.72. The standard InChI is InChI=1S/C37H40F6N2O2/c1-5-33(44,6-2)25-9-17-29(18-10-25)46-31-21-13-27(14-22-31)35(36(38,39)40,37(41,42)43)28-15-23-32(24-16-28)47-30-19-11-26(12-20-30)34(45,7-3)8-4/h9-24H,5-8,44-45H2,1-4H3. The van der Waals surface area contributed by atoms with Crippen LogP contribution in [-0.4, -0.2) is 12.4 Å². The summed E-state index contributed by atoms with van der Waals surface area (Å²) in [5, 5.41) is 0. The molecule has 252 valence electrons. The molecule has 4 aromatic rings. The molecule has 0 heterocycles. The van der Waals surface area contributed by atoms with Crippen LogP contribution in [0.3, 0.4) is 0 Å². The van der Waals surface area contributed by atoms with Gasteiger partial charge in [-0.1, -0.05) is 76.2 Å². The predicted octanol–water partition coefficient (Wildman–Crippen LogP) is 10.6. The van der Waals surface area contributed by atoms with Crippen LogP contribution in [0.5, 0.6) is 23.0 Å². The van der Waals surface area contributed by atoms with Crippen LogP contribution in [0, 0.1) is 0 Å². The van der Waals surface area contributed by atoms with Crippen molar-refractivity contribution in [2.45, 2.75) is 82.2 Å². The number of rotatable bonds is 12. The Morgan fingerprint density at radius 1 is 0.404 bits per heavy atom. The monoisotopic (exact) mass is 658 g/mol. The number of hydrogen-bond donors (Lipinski definition) is 2. The molecular weight excluding hydrogens is 618 g/mol. The van der Waals surface area contributed by atoms with E-state index in [0.717, 1.165) is 59.7 Å². The van der Waals surface area contributed by atoms with Gasteiger partial charge in [0.05, 0.1) is 0 Å². The molecule has 47 heavy (non-hydrogen) atoms. The van der Waals surface area contributed by atoms with E-state index in [2.05, 4.69) is 0 Å². The molecule has 4 nitrogen and oxygen atoms in total. The van der Waals surface area contributed by atoms with Crippen molar-refractivity contribution in [3.8, 4) is 23.0 Å². The zero-order valence-corrected chi connectivity index (χ0v) is 26.8. The van der Waals surface area contributed by atoms with Crippen LogP contribution in [0.4, 0.5) is 26.3 Å². The summed E-state index contributed by atoms with van der Waals surface area (Å²) in [5.41, 5.74) is 7.30. The van der Waals surface area contributed by atoms with Crippen molar-refractivity contribution in [1.82, 2.24) is 0 Å². The quantitative estimate of drug-likeness (QED) is 0.149. The van der Waals surface area contributed by atoms with Gasteiger partial charge in [-0.3, -0.25) is 0 Å². The maximum atomic E-state index is 14.7. The SMILES string of the molecule is CCC(N)(CC)c1ccc(Oc2ccc(C(c3ccc(Oc4ccc(C(N)(CC)CC)cc4)cc3)(C(F)(F)F)C(F)(F)F)cc2)cc1. The van der Waals surface area contributed by atoms with Gasteiger partial charge in [0.15, 0.2) is 0 Å². The Balaban J connectivity index is 1.62. The predicted molar refractivity (Wildman–Crippen MR) is 172 cm³/mol. The van der Waals surface area contributed by atoms with Crippen LogP contribution in [0.1, 0.15) is 75.6 Å². The number of ether oxygens (including phenoxy) is 2. The lowest BCUT2D eigenvalue weighted by molar-refractivity contribution is -0.288. The third-order valence-corrected chi connectivity index (χ3v) is 9.28. The molecule has 0 unspecified atom stereocenters. The van der Waals surface area contributed by atoms with Crippen LogP contribution in [0.15, 0.2) is 97.1 Å². The van der Waals surface area contributed by atoms with Crippen LogP contribution in [-0.2, 0) is 16.5 Å². The Morgan fingerprint density at radius 3 is 0.809 bits per heavy atom. The third-order valence-electron chi connectivity index (χ3n) is 9.28. The van der Waals surface area contributed by atoms with Crippen molar-refractivity contribution < 1.29 is 35.8 Å². The molecule has 0 atom stereocenters. The van der Waals surface area contributed by atoms with Crippen molar-refractivity contribution in [2.75, 3.05) is 0 Å². The Labute approximate surface area is 271 Å². The number of halogens is 6. The first-order valence-corrected chi connectivity index (χ1v) is 15.6. The second-order valence-corrected chi connectivity index (χ2v) is 11.8. The van der Waals surface area contributed by atoms with Crippen molar-refractivity contribution in [1.29, 1.82) is 0 Å². The van der Waals surface area contributed by atoms with Crippen LogP contribution < -0.4 is 20.9 Å². The molecule has 0 radical (unpaired) electrons. The molecule has 0 spiro atoms. The van der Waals surface area contributed by atoms with E-state index in [1.165, 1.54) is 0 Å². The summed E-state index contributed by atoms with van der Waals surface area (Å²) in [6.07, 6.45) is -8.62. The van der Waals surface area contributed by atoms with Gasteiger partial charge < -0.3 is 20.9 Å². The molecular formula is C37H40F6N2O2. The van der Waals surface area contributed by atoms with Gasteiger partial charge in [-0.05, 0) is 96.5 Å². The van der Waals surface area contributed by atoms with Crippen molar-refractivity contribution in [3.63, 3.8) is 0 Å². The summed E-state index contributed by atoms with van der Waals surface area (Å²) < 4.78 is 99.8. The van der Waals surface area contributed by atoms with Crippen molar-refractivity contribution >= 4 is 0 Å².